The van der Waals surface area contributed by atoms with Gasteiger partial charge in [-0.3, -0.25) is 4.79 Å². The first-order chi connectivity index (χ1) is 13.1. The maximum atomic E-state index is 12.6. The molecule has 1 amide bonds. The number of carbonyl (C=O) groups is 2. The number of carbonyl (C=O) groups excluding carboxylic acids is 2. The fraction of sp³-hybridized carbons (Fsp3) is 0.400. The van der Waals surface area contributed by atoms with Crippen LogP contribution in [0.15, 0.2) is 36.7 Å². The number of para-hydroxylation sites is 1. The average Bonchev–Trinajstić information content (AvgIpc) is 2.69. The summed E-state index contributed by atoms with van der Waals surface area (Å²) in [4.78, 5) is 34.9. The first-order valence-corrected chi connectivity index (χ1v) is 9.23. The van der Waals surface area contributed by atoms with Gasteiger partial charge < -0.3 is 15.0 Å². The fourth-order valence-corrected chi connectivity index (χ4v) is 3.00. The van der Waals surface area contributed by atoms with E-state index in [1.807, 2.05) is 4.90 Å². The van der Waals surface area contributed by atoms with E-state index < -0.39 is 5.97 Å². The third-order valence-electron chi connectivity index (χ3n) is 4.64. The van der Waals surface area contributed by atoms with Crippen molar-refractivity contribution < 1.29 is 14.3 Å². The van der Waals surface area contributed by atoms with Gasteiger partial charge in [0.05, 0.1) is 23.4 Å². The largest absolute Gasteiger partial charge is 0.462 e. The first kappa shape index (κ1) is 18.8. The number of hydrogen-bond acceptors (Lipinski definition) is 6. The minimum absolute atomic E-state index is 0.0413. The van der Waals surface area contributed by atoms with Crippen LogP contribution in [0.3, 0.4) is 0 Å². The van der Waals surface area contributed by atoms with E-state index in [4.69, 9.17) is 4.74 Å². The number of piperidine rings is 1. The Hall–Kier alpha value is -2.96. The summed E-state index contributed by atoms with van der Waals surface area (Å²) in [5.41, 5.74) is 1.43. The lowest BCUT2D eigenvalue weighted by Crippen LogP contribution is -2.38. The summed E-state index contributed by atoms with van der Waals surface area (Å²) < 4.78 is 5.06. The Morgan fingerprint density at radius 1 is 1.19 bits per heavy atom. The van der Waals surface area contributed by atoms with Gasteiger partial charge in [-0.05, 0) is 37.8 Å². The summed E-state index contributed by atoms with van der Waals surface area (Å²) in [6.07, 6.45) is 5.08. The van der Waals surface area contributed by atoms with E-state index >= 15 is 0 Å². The number of rotatable bonds is 5. The lowest BCUT2D eigenvalue weighted by molar-refractivity contribution is 0.0527. The molecule has 1 aliphatic heterocycles. The van der Waals surface area contributed by atoms with Crippen molar-refractivity contribution in [2.24, 2.45) is 5.92 Å². The molecule has 1 fully saturated rings. The van der Waals surface area contributed by atoms with E-state index in [-0.39, 0.29) is 5.91 Å². The number of amides is 1. The van der Waals surface area contributed by atoms with Gasteiger partial charge in [-0.1, -0.05) is 19.1 Å². The van der Waals surface area contributed by atoms with Crippen molar-refractivity contribution in [1.29, 1.82) is 0 Å². The minimum Gasteiger partial charge on any atom is -0.462 e. The Balaban J connectivity index is 1.70. The minimum atomic E-state index is -0.410. The van der Waals surface area contributed by atoms with Crippen LogP contribution in [0.25, 0.3) is 0 Å². The van der Waals surface area contributed by atoms with Gasteiger partial charge in [-0.15, -0.1) is 0 Å². The molecule has 2 aromatic rings. The summed E-state index contributed by atoms with van der Waals surface area (Å²) in [5, 5.41) is 3.02. The van der Waals surface area contributed by atoms with E-state index in [2.05, 4.69) is 22.2 Å². The summed E-state index contributed by atoms with van der Waals surface area (Å²) in [6.45, 7) is 5.81. The highest BCUT2D eigenvalue weighted by Gasteiger charge is 2.22. The van der Waals surface area contributed by atoms with Crippen LogP contribution in [0.4, 0.5) is 11.6 Å². The highest BCUT2D eigenvalue weighted by Crippen LogP contribution is 2.21. The summed E-state index contributed by atoms with van der Waals surface area (Å²) in [7, 11) is 0. The zero-order valence-electron chi connectivity index (χ0n) is 15.6. The van der Waals surface area contributed by atoms with E-state index in [0.717, 1.165) is 25.9 Å². The third kappa shape index (κ3) is 4.61. The van der Waals surface area contributed by atoms with Crippen molar-refractivity contribution in [3.05, 3.63) is 47.8 Å². The third-order valence-corrected chi connectivity index (χ3v) is 4.64. The molecule has 0 bridgehead atoms. The van der Waals surface area contributed by atoms with Gasteiger partial charge in [0.15, 0.2) is 0 Å². The smallest absolute Gasteiger partial charge is 0.340 e. The average molecular weight is 368 g/mol. The molecule has 7 heteroatoms. The molecule has 142 valence electrons. The number of anilines is 2. The standard InChI is InChI=1S/C20H24N4O3/c1-3-27-19(26)16-6-4-5-7-17(16)23-20-21-12-15(13-22-20)18(25)24-10-8-14(2)9-11-24/h4-7,12-14H,3,8-11H2,1-2H3,(H,21,22,23). The monoisotopic (exact) mass is 368 g/mol. The number of likely N-dealkylation sites (tertiary alicyclic amines) is 1. The number of esters is 1. The van der Waals surface area contributed by atoms with Gasteiger partial charge in [-0.2, -0.15) is 0 Å². The molecule has 3 rings (SSSR count). The van der Waals surface area contributed by atoms with Gasteiger partial charge in [-0.25, -0.2) is 14.8 Å². The van der Waals surface area contributed by atoms with Crippen LogP contribution in [0, 0.1) is 5.92 Å². The number of hydrogen-bond donors (Lipinski definition) is 1. The van der Waals surface area contributed by atoms with Crippen molar-refractivity contribution in [3.8, 4) is 0 Å². The van der Waals surface area contributed by atoms with Crippen LogP contribution in [0.5, 0.6) is 0 Å². The van der Waals surface area contributed by atoms with Crippen LogP contribution in [0.1, 0.15) is 47.4 Å². The molecule has 27 heavy (non-hydrogen) atoms. The Kier molecular flexibility index (Phi) is 6.01. The Morgan fingerprint density at radius 2 is 1.85 bits per heavy atom. The maximum absolute atomic E-state index is 12.6. The first-order valence-electron chi connectivity index (χ1n) is 9.23. The zero-order valence-corrected chi connectivity index (χ0v) is 15.6. The second kappa shape index (κ2) is 8.62. The van der Waals surface area contributed by atoms with Crippen molar-refractivity contribution in [3.63, 3.8) is 0 Å². The predicted molar refractivity (Wildman–Crippen MR) is 102 cm³/mol. The SMILES string of the molecule is CCOC(=O)c1ccccc1Nc1ncc(C(=O)N2CCC(C)CC2)cn1. The number of nitrogens with zero attached hydrogens (tertiary/aromatic N) is 3. The van der Waals surface area contributed by atoms with Gasteiger partial charge in [0, 0.05) is 25.5 Å². The number of aromatic nitrogens is 2. The molecule has 0 aliphatic carbocycles. The molecule has 1 aromatic carbocycles. The molecule has 0 radical (unpaired) electrons. The molecule has 0 spiro atoms. The molecule has 7 nitrogen and oxygen atoms in total. The molecule has 1 aliphatic rings. The Labute approximate surface area is 158 Å². The van der Waals surface area contributed by atoms with Gasteiger partial charge in [0.25, 0.3) is 5.91 Å². The molecular weight excluding hydrogens is 344 g/mol. The molecule has 1 aromatic heterocycles. The van der Waals surface area contributed by atoms with Crippen LogP contribution in [-0.2, 0) is 4.74 Å². The fourth-order valence-electron chi connectivity index (χ4n) is 3.00. The second-order valence-corrected chi connectivity index (χ2v) is 6.66. The molecule has 0 atom stereocenters. The Bertz CT molecular complexity index is 799. The lowest BCUT2D eigenvalue weighted by Gasteiger charge is -2.30. The molecule has 0 unspecified atom stereocenters. The van der Waals surface area contributed by atoms with Crippen molar-refractivity contribution in [1.82, 2.24) is 14.9 Å². The lowest BCUT2D eigenvalue weighted by atomic mass is 9.99. The van der Waals surface area contributed by atoms with Crippen LogP contribution in [0.2, 0.25) is 0 Å². The van der Waals surface area contributed by atoms with Crippen molar-refractivity contribution in [2.45, 2.75) is 26.7 Å². The molecule has 2 heterocycles. The van der Waals surface area contributed by atoms with Crippen molar-refractivity contribution >= 4 is 23.5 Å². The molecule has 0 saturated carbocycles. The van der Waals surface area contributed by atoms with Crippen LogP contribution < -0.4 is 5.32 Å². The van der Waals surface area contributed by atoms with E-state index in [0.29, 0.717) is 35.3 Å². The number of nitrogens with one attached hydrogen (secondary N) is 1. The molecular formula is C20H24N4O3. The summed E-state index contributed by atoms with van der Waals surface area (Å²) >= 11 is 0. The van der Waals surface area contributed by atoms with Crippen LogP contribution >= 0.6 is 0 Å². The van der Waals surface area contributed by atoms with Crippen molar-refractivity contribution in [2.75, 3.05) is 25.0 Å². The number of ether oxygens (including phenoxy) is 1. The highest BCUT2D eigenvalue weighted by atomic mass is 16.5. The molecule has 1 N–H and O–H groups in total. The highest BCUT2D eigenvalue weighted by molar-refractivity contribution is 5.96. The van der Waals surface area contributed by atoms with Gasteiger partial charge in [0.2, 0.25) is 5.95 Å². The van der Waals surface area contributed by atoms with E-state index in [9.17, 15) is 9.59 Å². The quantitative estimate of drug-likeness (QED) is 0.816. The Morgan fingerprint density at radius 3 is 2.52 bits per heavy atom. The van der Waals surface area contributed by atoms with Gasteiger partial charge in [0.1, 0.15) is 0 Å². The second-order valence-electron chi connectivity index (χ2n) is 6.66. The number of benzene rings is 1. The predicted octanol–water partition coefficient (Wildman–Crippen LogP) is 3.27. The summed E-state index contributed by atoms with van der Waals surface area (Å²) in [6, 6.07) is 7.00. The maximum Gasteiger partial charge on any atom is 0.340 e. The van der Waals surface area contributed by atoms with E-state index in [1.165, 1.54) is 12.4 Å². The van der Waals surface area contributed by atoms with Gasteiger partial charge >= 0.3 is 5.97 Å². The summed E-state index contributed by atoms with van der Waals surface area (Å²) in [5.74, 6) is 0.527. The van der Waals surface area contributed by atoms with E-state index in [1.54, 1.807) is 31.2 Å². The normalized spacial score (nSPS) is 14.7. The van der Waals surface area contributed by atoms with Crippen LogP contribution in [-0.4, -0.2) is 46.4 Å². The molecule has 1 saturated heterocycles. The topological polar surface area (TPSA) is 84.4 Å². The zero-order chi connectivity index (χ0) is 19.2.